The van der Waals surface area contributed by atoms with Crippen molar-refractivity contribution < 1.29 is 30.3 Å². The predicted octanol–water partition coefficient (Wildman–Crippen LogP) is -1.10. The summed E-state index contributed by atoms with van der Waals surface area (Å²) in [7, 11) is 0. The molecule has 4 atom stereocenters. The molecular weight excluding hydrogens is 278 g/mol. The number of unbranched alkanes of at least 4 members (excludes halogenated alkanes) is 5. The number of amides is 1. The quantitative estimate of drug-likeness (QED) is 0.254. The van der Waals surface area contributed by atoms with E-state index in [-0.39, 0.29) is 0 Å². The Balaban J connectivity index is 3.89. The van der Waals surface area contributed by atoms with Gasteiger partial charge in [-0.3, -0.25) is 4.79 Å². The summed E-state index contributed by atoms with van der Waals surface area (Å²) >= 11 is 0. The monoisotopic (exact) mass is 307 g/mol. The summed E-state index contributed by atoms with van der Waals surface area (Å²) in [6.07, 6.45) is -0.715. The Kier molecular flexibility index (Phi) is 11.5. The van der Waals surface area contributed by atoms with Gasteiger partial charge in [0.2, 0.25) is 0 Å². The van der Waals surface area contributed by atoms with E-state index in [1.54, 1.807) is 0 Å². The topological polar surface area (TPSA) is 130 Å². The van der Waals surface area contributed by atoms with Crippen molar-refractivity contribution in [2.45, 2.75) is 69.9 Å². The van der Waals surface area contributed by atoms with Crippen LogP contribution in [0.25, 0.3) is 0 Å². The Morgan fingerprint density at radius 3 is 2.10 bits per heavy atom. The third-order valence-electron chi connectivity index (χ3n) is 3.35. The van der Waals surface area contributed by atoms with Crippen LogP contribution in [-0.4, -0.2) is 69.0 Å². The van der Waals surface area contributed by atoms with Crippen molar-refractivity contribution >= 4 is 5.91 Å². The molecule has 0 saturated heterocycles. The maximum atomic E-state index is 11.6. The molecule has 0 aliphatic heterocycles. The number of aliphatic hydroxyl groups is 5. The zero-order chi connectivity index (χ0) is 16.3. The summed E-state index contributed by atoms with van der Waals surface area (Å²) in [5.74, 6) is -0.805. The van der Waals surface area contributed by atoms with Crippen LogP contribution in [0.1, 0.15) is 45.4 Å². The maximum Gasteiger partial charge on any atom is 0.251 e. The molecule has 21 heavy (non-hydrogen) atoms. The highest BCUT2D eigenvalue weighted by molar-refractivity contribution is 5.81. The fourth-order valence-corrected chi connectivity index (χ4v) is 1.90. The molecule has 0 radical (unpaired) electrons. The fraction of sp³-hybridized carbons (Fsp3) is 0.929. The van der Waals surface area contributed by atoms with Crippen molar-refractivity contribution in [3.05, 3.63) is 0 Å². The molecule has 1 amide bonds. The second-order valence-electron chi connectivity index (χ2n) is 5.23. The van der Waals surface area contributed by atoms with Crippen LogP contribution in [0, 0.1) is 0 Å². The largest absolute Gasteiger partial charge is 0.394 e. The maximum absolute atomic E-state index is 11.6. The van der Waals surface area contributed by atoms with E-state index < -0.39 is 36.9 Å². The number of carbonyl (C=O) groups excluding carboxylic acids is 1. The average Bonchev–Trinajstić information content (AvgIpc) is 2.50. The van der Waals surface area contributed by atoms with E-state index in [0.29, 0.717) is 6.54 Å². The van der Waals surface area contributed by atoms with Gasteiger partial charge in [-0.2, -0.15) is 0 Å². The van der Waals surface area contributed by atoms with Crippen LogP contribution < -0.4 is 5.32 Å². The lowest BCUT2D eigenvalue weighted by molar-refractivity contribution is -0.148. The third-order valence-corrected chi connectivity index (χ3v) is 3.35. The average molecular weight is 307 g/mol. The Morgan fingerprint density at radius 2 is 1.52 bits per heavy atom. The number of aliphatic hydroxyl groups excluding tert-OH is 5. The Labute approximate surface area is 125 Å². The minimum Gasteiger partial charge on any atom is -0.394 e. The Hall–Kier alpha value is -0.730. The first-order chi connectivity index (χ1) is 9.95. The normalized spacial score (nSPS) is 17.0. The van der Waals surface area contributed by atoms with E-state index in [0.717, 1.165) is 25.7 Å². The first-order valence-corrected chi connectivity index (χ1v) is 7.56. The van der Waals surface area contributed by atoms with Gasteiger partial charge in [0.25, 0.3) is 5.91 Å². The van der Waals surface area contributed by atoms with Crippen molar-refractivity contribution in [1.29, 1.82) is 0 Å². The summed E-state index contributed by atoms with van der Waals surface area (Å²) in [6, 6.07) is 0. The van der Waals surface area contributed by atoms with Crippen molar-refractivity contribution in [3.63, 3.8) is 0 Å². The zero-order valence-electron chi connectivity index (χ0n) is 12.6. The van der Waals surface area contributed by atoms with E-state index in [1.807, 2.05) is 0 Å². The molecule has 0 unspecified atom stereocenters. The van der Waals surface area contributed by atoms with Crippen molar-refractivity contribution in [2.24, 2.45) is 0 Å². The second-order valence-corrected chi connectivity index (χ2v) is 5.23. The number of nitrogens with one attached hydrogen (secondary N) is 1. The van der Waals surface area contributed by atoms with Gasteiger partial charge in [-0.1, -0.05) is 39.0 Å². The molecule has 126 valence electrons. The van der Waals surface area contributed by atoms with E-state index in [1.165, 1.54) is 12.8 Å². The third kappa shape index (κ3) is 8.33. The Bertz CT molecular complexity index is 276. The molecule has 0 aromatic rings. The lowest BCUT2D eigenvalue weighted by Gasteiger charge is -2.24. The zero-order valence-corrected chi connectivity index (χ0v) is 12.6. The van der Waals surface area contributed by atoms with E-state index in [9.17, 15) is 20.1 Å². The van der Waals surface area contributed by atoms with Gasteiger partial charge in [0.15, 0.2) is 6.10 Å². The molecule has 7 nitrogen and oxygen atoms in total. The molecule has 0 aromatic carbocycles. The standard InChI is InChI=1S/C14H29NO6/c1-2-3-4-5-6-7-8-15-14(21)13(20)12(19)11(18)10(17)9-16/h10-13,16-20H,2-9H2,1H3,(H,15,21)/t10-,11-,12+,13-/m0/s1. The smallest absolute Gasteiger partial charge is 0.251 e. The van der Waals surface area contributed by atoms with Gasteiger partial charge in [-0.25, -0.2) is 0 Å². The summed E-state index contributed by atoms with van der Waals surface area (Å²) < 4.78 is 0. The number of hydrogen-bond acceptors (Lipinski definition) is 6. The first kappa shape index (κ1) is 20.3. The lowest BCUT2D eigenvalue weighted by Crippen LogP contribution is -2.51. The molecule has 0 aliphatic rings. The molecule has 7 heteroatoms. The van der Waals surface area contributed by atoms with Crippen LogP contribution in [0.5, 0.6) is 0 Å². The van der Waals surface area contributed by atoms with E-state index in [2.05, 4.69) is 12.2 Å². The summed E-state index contributed by atoms with van der Waals surface area (Å²) in [5.41, 5.74) is 0. The van der Waals surface area contributed by atoms with Gasteiger partial charge < -0.3 is 30.8 Å². The molecule has 0 fully saturated rings. The van der Waals surface area contributed by atoms with Gasteiger partial charge in [-0.15, -0.1) is 0 Å². The molecule has 0 rings (SSSR count). The predicted molar refractivity (Wildman–Crippen MR) is 77.5 cm³/mol. The van der Waals surface area contributed by atoms with Crippen molar-refractivity contribution in [2.75, 3.05) is 13.2 Å². The minimum atomic E-state index is -1.85. The van der Waals surface area contributed by atoms with Crippen LogP contribution in [-0.2, 0) is 4.79 Å². The molecular formula is C14H29NO6. The van der Waals surface area contributed by atoms with E-state index in [4.69, 9.17) is 10.2 Å². The molecule has 6 N–H and O–H groups in total. The van der Waals surface area contributed by atoms with Crippen LogP contribution in [0.4, 0.5) is 0 Å². The van der Waals surface area contributed by atoms with Gasteiger partial charge in [0.1, 0.15) is 18.3 Å². The van der Waals surface area contributed by atoms with Crippen LogP contribution in [0.2, 0.25) is 0 Å². The number of carbonyl (C=O) groups is 1. The van der Waals surface area contributed by atoms with E-state index >= 15 is 0 Å². The highest BCUT2D eigenvalue weighted by Crippen LogP contribution is 2.06. The van der Waals surface area contributed by atoms with Crippen LogP contribution >= 0.6 is 0 Å². The molecule has 0 spiro atoms. The van der Waals surface area contributed by atoms with Gasteiger partial charge >= 0.3 is 0 Å². The second kappa shape index (κ2) is 11.9. The highest BCUT2D eigenvalue weighted by Gasteiger charge is 2.33. The lowest BCUT2D eigenvalue weighted by atomic mass is 10.0. The molecule has 0 bridgehead atoms. The summed E-state index contributed by atoms with van der Waals surface area (Å²) in [5, 5.41) is 48.7. The van der Waals surface area contributed by atoms with Crippen molar-refractivity contribution in [1.82, 2.24) is 5.32 Å². The highest BCUT2D eigenvalue weighted by atomic mass is 16.4. The fourth-order valence-electron chi connectivity index (χ4n) is 1.90. The van der Waals surface area contributed by atoms with Crippen LogP contribution in [0.3, 0.4) is 0 Å². The molecule has 0 aromatic heterocycles. The SMILES string of the molecule is CCCCCCCCNC(=O)[C@@H](O)[C@H](O)[C@@H](O)[C@@H](O)CO. The first-order valence-electron chi connectivity index (χ1n) is 7.56. The molecule has 0 aliphatic carbocycles. The van der Waals surface area contributed by atoms with Gasteiger partial charge in [0, 0.05) is 6.54 Å². The molecule has 0 saturated carbocycles. The van der Waals surface area contributed by atoms with Crippen molar-refractivity contribution in [3.8, 4) is 0 Å². The summed E-state index contributed by atoms with van der Waals surface area (Å²) in [4.78, 5) is 11.6. The van der Waals surface area contributed by atoms with Gasteiger partial charge in [0.05, 0.1) is 6.61 Å². The minimum absolute atomic E-state index is 0.382. The molecule has 0 heterocycles. The Morgan fingerprint density at radius 1 is 0.952 bits per heavy atom. The van der Waals surface area contributed by atoms with Crippen LogP contribution in [0.15, 0.2) is 0 Å². The summed E-state index contributed by atoms with van der Waals surface area (Å²) in [6.45, 7) is 1.74. The number of hydrogen-bond donors (Lipinski definition) is 6. The van der Waals surface area contributed by atoms with Gasteiger partial charge in [-0.05, 0) is 6.42 Å². The number of rotatable bonds is 12.